The number of rotatable bonds is 4. The smallest absolute Gasteiger partial charge is 0.223 e. The highest BCUT2D eigenvalue weighted by Gasteiger charge is 2.16. The van der Waals surface area contributed by atoms with Crippen LogP contribution in [0.15, 0.2) is 35.7 Å². The van der Waals surface area contributed by atoms with E-state index in [1.54, 1.807) is 0 Å². The minimum atomic E-state index is -0.0899. The molecule has 0 radical (unpaired) electrons. The Morgan fingerprint density at radius 2 is 2.17 bits per heavy atom. The van der Waals surface area contributed by atoms with Crippen molar-refractivity contribution in [2.75, 3.05) is 18.4 Å². The fraction of sp³-hybridized carbons (Fsp3) is 0.294. The maximum Gasteiger partial charge on any atom is 0.223 e. The number of hydrogen-bond donors (Lipinski definition) is 1. The van der Waals surface area contributed by atoms with Gasteiger partial charge in [0.2, 0.25) is 5.91 Å². The van der Waals surface area contributed by atoms with E-state index in [1.807, 2.05) is 17.5 Å². The van der Waals surface area contributed by atoms with Crippen LogP contribution in [-0.4, -0.2) is 28.9 Å². The molecule has 1 aliphatic heterocycles. The Labute approximate surface area is 144 Å². The quantitative estimate of drug-likeness (QED) is 0.907. The van der Waals surface area contributed by atoms with E-state index in [0.29, 0.717) is 5.13 Å². The molecular weight excluding hydrogens is 330 g/mol. The summed E-state index contributed by atoms with van der Waals surface area (Å²) in [5.74, 6) is -0.0899. The van der Waals surface area contributed by atoms with Crippen LogP contribution in [0.4, 0.5) is 5.13 Å². The molecule has 0 fully saturated rings. The van der Waals surface area contributed by atoms with Gasteiger partial charge in [0.05, 0.1) is 5.69 Å². The molecule has 0 bridgehead atoms. The number of nitrogens with one attached hydrogen (secondary N) is 1. The van der Waals surface area contributed by atoms with Crippen molar-refractivity contribution >= 4 is 39.5 Å². The predicted octanol–water partition coefficient (Wildman–Crippen LogP) is 4.04. The third kappa shape index (κ3) is 4.41. The van der Waals surface area contributed by atoms with Gasteiger partial charge < -0.3 is 5.32 Å². The van der Waals surface area contributed by atoms with Gasteiger partial charge in [0, 0.05) is 37.0 Å². The van der Waals surface area contributed by atoms with E-state index >= 15 is 0 Å². The fourth-order valence-electron chi connectivity index (χ4n) is 2.60. The molecule has 0 spiro atoms. The Hall–Kier alpha value is -1.69. The van der Waals surface area contributed by atoms with Crippen LogP contribution in [0.2, 0.25) is 5.02 Å². The van der Waals surface area contributed by atoms with E-state index in [0.717, 1.165) is 36.8 Å². The molecule has 4 nitrogen and oxygen atoms in total. The molecule has 1 aromatic carbocycles. The topological polar surface area (TPSA) is 45.2 Å². The third-order valence-corrected chi connectivity index (χ3v) is 4.68. The number of carbonyl (C=O) groups is 1. The van der Waals surface area contributed by atoms with E-state index in [-0.39, 0.29) is 5.91 Å². The molecule has 120 valence electrons. The molecule has 0 atom stereocenters. The fourth-order valence-corrected chi connectivity index (χ4v) is 3.51. The summed E-state index contributed by atoms with van der Waals surface area (Å²) in [7, 11) is 0. The summed E-state index contributed by atoms with van der Waals surface area (Å²) < 4.78 is 0. The number of nitrogens with zero attached hydrogens (tertiary/aromatic N) is 2. The van der Waals surface area contributed by atoms with E-state index in [9.17, 15) is 4.79 Å². The van der Waals surface area contributed by atoms with Crippen molar-refractivity contribution in [3.63, 3.8) is 0 Å². The highest BCUT2D eigenvalue weighted by atomic mass is 35.5. The molecule has 1 aromatic heterocycles. The van der Waals surface area contributed by atoms with Crippen LogP contribution in [0.5, 0.6) is 0 Å². The number of carbonyl (C=O) groups excluding carboxylic acids is 1. The van der Waals surface area contributed by atoms with Gasteiger partial charge in [-0.15, -0.1) is 11.3 Å². The molecule has 3 rings (SSSR count). The van der Waals surface area contributed by atoms with Crippen molar-refractivity contribution in [3.8, 4) is 0 Å². The minimum Gasteiger partial charge on any atom is -0.302 e. The standard InChI is InChI=1S/C17H18ClN3OS/c1-12(22)19-17-20-16(11-23-17)14-3-2-8-21(10-14)9-13-4-6-15(18)7-5-13/h3-7,11H,2,8-10H2,1H3,(H,19,20,22). The van der Waals surface area contributed by atoms with Crippen LogP contribution in [0.1, 0.15) is 24.6 Å². The van der Waals surface area contributed by atoms with Crippen LogP contribution >= 0.6 is 22.9 Å². The number of amides is 1. The molecule has 0 saturated carbocycles. The van der Waals surface area contributed by atoms with Crippen molar-refractivity contribution in [2.45, 2.75) is 19.9 Å². The molecule has 1 aliphatic rings. The van der Waals surface area contributed by atoms with E-state index in [4.69, 9.17) is 11.6 Å². The first-order chi connectivity index (χ1) is 11.1. The normalized spacial score (nSPS) is 15.3. The van der Waals surface area contributed by atoms with Crippen molar-refractivity contribution in [3.05, 3.63) is 52.0 Å². The molecule has 0 saturated heterocycles. The molecule has 2 aromatic rings. The molecule has 23 heavy (non-hydrogen) atoms. The Kier molecular flexibility index (Phi) is 5.10. The Bertz CT molecular complexity index is 724. The van der Waals surface area contributed by atoms with Gasteiger partial charge in [-0.1, -0.05) is 29.8 Å². The summed E-state index contributed by atoms with van der Waals surface area (Å²) in [6.45, 7) is 4.30. The van der Waals surface area contributed by atoms with Crippen LogP contribution in [0.3, 0.4) is 0 Å². The summed E-state index contributed by atoms with van der Waals surface area (Å²) >= 11 is 7.40. The van der Waals surface area contributed by atoms with E-state index in [2.05, 4.69) is 33.4 Å². The summed E-state index contributed by atoms with van der Waals surface area (Å²) in [5, 5.41) is 6.16. The largest absolute Gasteiger partial charge is 0.302 e. The van der Waals surface area contributed by atoms with Crippen molar-refractivity contribution in [2.24, 2.45) is 0 Å². The van der Waals surface area contributed by atoms with Crippen molar-refractivity contribution in [1.29, 1.82) is 0 Å². The lowest BCUT2D eigenvalue weighted by Gasteiger charge is -2.26. The van der Waals surface area contributed by atoms with E-state index in [1.165, 1.54) is 29.4 Å². The average Bonchev–Trinajstić information content (AvgIpc) is 2.98. The summed E-state index contributed by atoms with van der Waals surface area (Å²) in [5.41, 5.74) is 3.44. The minimum absolute atomic E-state index is 0.0899. The van der Waals surface area contributed by atoms with Crippen LogP contribution in [0.25, 0.3) is 5.57 Å². The number of thiazole rings is 1. The van der Waals surface area contributed by atoms with Gasteiger partial charge in [-0.3, -0.25) is 9.69 Å². The lowest BCUT2D eigenvalue weighted by molar-refractivity contribution is -0.114. The van der Waals surface area contributed by atoms with Crippen LogP contribution in [0, 0.1) is 0 Å². The van der Waals surface area contributed by atoms with Gasteiger partial charge in [0.25, 0.3) is 0 Å². The predicted molar refractivity (Wildman–Crippen MR) is 95.7 cm³/mol. The number of halogens is 1. The first-order valence-electron chi connectivity index (χ1n) is 7.49. The Morgan fingerprint density at radius 3 is 2.91 bits per heavy atom. The maximum absolute atomic E-state index is 11.1. The maximum atomic E-state index is 11.1. The number of benzene rings is 1. The number of hydrogen-bond acceptors (Lipinski definition) is 4. The lowest BCUT2D eigenvalue weighted by Crippen LogP contribution is -2.29. The zero-order chi connectivity index (χ0) is 16.2. The summed E-state index contributed by atoms with van der Waals surface area (Å²) in [6.07, 6.45) is 3.25. The molecule has 1 N–H and O–H groups in total. The molecule has 2 heterocycles. The third-order valence-electron chi connectivity index (χ3n) is 3.67. The van der Waals surface area contributed by atoms with Gasteiger partial charge in [0.1, 0.15) is 0 Å². The highest BCUT2D eigenvalue weighted by molar-refractivity contribution is 7.14. The second kappa shape index (κ2) is 7.25. The Balaban J connectivity index is 1.65. The van der Waals surface area contributed by atoms with E-state index < -0.39 is 0 Å². The molecule has 6 heteroatoms. The number of anilines is 1. The second-order valence-electron chi connectivity index (χ2n) is 5.57. The molecule has 0 aliphatic carbocycles. The van der Waals surface area contributed by atoms with Crippen LogP contribution in [-0.2, 0) is 11.3 Å². The highest BCUT2D eigenvalue weighted by Crippen LogP contribution is 2.26. The second-order valence-corrected chi connectivity index (χ2v) is 6.87. The monoisotopic (exact) mass is 347 g/mol. The van der Waals surface area contributed by atoms with Gasteiger partial charge in [0.15, 0.2) is 5.13 Å². The lowest BCUT2D eigenvalue weighted by atomic mass is 10.1. The van der Waals surface area contributed by atoms with Crippen molar-refractivity contribution < 1.29 is 4.79 Å². The number of aromatic nitrogens is 1. The van der Waals surface area contributed by atoms with Crippen LogP contribution < -0.4 is 5.32 Å². The van der Waals surface area contributed by atoms with Gasteiger partial charge in [-0.05, 0) is 29.7 Å². The van der Waals surface area contributed by atoms with Crippen molar-refractivity contribution in [1.82, 2.24) is 9.88 Å². The zero-order valence-corrected chi connectivity index (χ0v) is 14.5. The van der Waals surface area contributed by atoms with Gasteiger partial charge in [-0.25, -0.2) is 4.98 Å². The molecular formula is C17H18ClN3OS. The van der Waals surface area contributed by atoms with Gasteiger partial charge in [-0.2, -0.15) is 0 Å². The zero-order valence-electron chi connectivity index (χ0n) is 12.9. The first-order valence-corrected chi connectivity index (χ1v) is 8.75. The molecule has 1 amide bonds. The SMILES string of the molecule is CC(=O)Nc1nc(C2=CCCN(Cc3ccc(Cl)cc3)C2)cs1. The summed E-state index contributed by atoms with van der Waals surface area (Å²) in [6, 6.07) is 7.99. The van der Waals surface area contributed by atoms with Gasteiger partial charge >= 0.3 is 0 Å². The average molecular weight is 348 g/mol. The first kappa shape index (κ1) is 16.2. The molecule has 0 unspecified atom stereocenters. The Morgan fingerprint density at radius 1 is 1.39 bits per heavy atom. The summed E-state index contributed by atoms with van der Waals surface area (Å²) in [4.78, 5) is 18.0.